The molecule has 0 unspecified atom stereocenters. The number of nitrogens with zero attached hydrogens (tertiary/aromatic N) is 3. The highest BCUT2D eigenvalue weighted by molar-refractivity contribution is 6.47. The van der Waals surface area contributed by atoms with E-state index >= 15 is 0 Å². The summed E-state index contributed by atoms with van der Waals surface area (Å²) < 4.78 is 13.3. The number of nitrogens with two attached hydrogens (primary N) is 1. The molecule has 13 heteroatoms. The Bertz CT molecular complexity index is 1130. The summed E-state index contributed by atoms with van der Waals surface area (Å²) in [6.07, 6.45) is 11.1. The van der Waals surface area contributed by atoms with Gasteiger partial charge in [0.1, 0.15) is 5.78 Å². The van der Waals surface area contributed by atoms with Crippen LogP contribution in [0, 0.1) is 45.1 Å². The molecule has 0 aromatic heterocycles. The Balaban J connectivity index is 1.34. The summed E-state index contributed by atoms with van der Waals surface area (Å²) in [6.45, 7) is 17.0. The van der Waals surface area contributed by atoms with Gasteiger partial charge in [0.2, 0.25) is 5.91 Å². The number of nitrogens with one attached hydrogen (secondary N) is 2. The van der Waals surface area contributed by atoms with Gasteiger partial charge in [0, 0.05) is 25.3 Å². The lowest BCUT2D eigenvalue weighted by molar-refractivity contribution is -0.525. The zero-order valence-corrected chi connectivity index (χ0v) is 30.5. The first-order chi connectivity index (χ1) is 22.7. The number of Topliss-reactive ketones (excluding diaryl/α,β-unsaturated/α-hetero) is 1. The standard InChI is InChI=1S/C35H63BN6O6/c1-7-8-17-41-18-14-25(15-19-41)11-9-13-28(43)21-26(12-10-16-38-33(37)40-42(45)46)32(44)39-31(20-24(2)3)36-47-30-23-27-22-29(34(27,4)5)35(30,6)48-36/h24-27,29-31H,7-23H2,1-6H3,(H,39,44)(H3,37,38,40)/t26-,27+,29+,30-,31+,35+/m1/s1. The Morgan fingerprint density at radius 1 is 1.15 bits per heavy atom. The molecule has 2 saturated heterocycles. The molecule has 12 nitrogen and oxygen atoms in total. The van der Waals surface area contributed by atoms with Gasteiger partial charge in [0.05, 0.1) is 17.6 Å². The Labute approximate surface area is 288 Å². The predicted molar refractivity (Wildman–Crippen MR) is 188 cm³/mol. The maximum absolute atomic E-state index is 14.0. The average molecular weight is 675 g/mol. The summed E-state index contributed by atoms with van der Waals surface area (Å²) in [4.78, 5) is 44.5. The van der Waals surface area contributed by atoms with Crippen LogP contribution in [0.15, 0.2) is 4.99 Å². The van der Waals surface area contributed by atoms with Crippen LogP contribution in [0.25, 0.3) is 0 Å². The van der Waals surface area contributed by atoms with Crippen molar-refractivity contribution in [2.45, 2.75) is 143 Å². The molecule has 2 heterocycles. The first-order valence-electron chi connectivity index (χ1n) is 18.8. The first kappa shape index (κ1) is 38.6. The molecule has 3 saturated carbocycles. The van der Waals surface area contributed by atoms with Crippen LogP contribution >= 0.6 is 0 Å². The largest absolute Gasteiger partial charge is 0.481 e. The zero-order chi connectivity index (χ0) is 35.1. The molecule has 0 aromatic rings. The lowest BCUT2D eigenvalue weighted by atomic mass is 9.43. The molecular weight excluding hydrogens is 611 g/mol. The van der Waals surface area contributed by atoms with E-state index in [1.165, 1.54) is 32.2 Å². The van der Waals surface area contributed by atoms with Crippen molar-refractivity contribution >= 4 is 24.8 Å². The van der Waals surface area contributed by atoms with Crippen LogP contribution in [0.4, 0.5) is 0 Å². The molecule has 5 fully saturated rings. The predicted octanol–water partition coefficient (Wildman–Crippen LogP) is 4.92. The Morgan fingerprint density at radius 3 is 2.52 bits per heavy atom. The SMILES string of the molecule is CCCCN1CCC(CCCC(=O)C[C@@H](CCCN=C(N)N[N+](=O)[O-])C(=O)N[C@@H](CC(C)C)B2O[C@@H]3C[C@@H]4C[C@@H](C4(C)C)[C@]3(C)O2)CC1. The Morgan fingerprint density at radius 2 is 1.88 bits per heavy atom. The van der Waals surface area contributed by atoms with Gasteiger partial charge >= 0.3 is 7.12 Å². The van der Waals surface area contributed by atoms with Crippen molar-refractivity contribution in [1.29, 1.82) is 0 Å². The van der Waals surface area contributed by atoms with Gasteiger partial charge in [0.25, 0.3) is 5.96 Å². The van der Waals surface area contributed by atoms with E-state index in [0.717, 1.165) is 38.8 Å². The summed E-state index contributed by atoms with van der Waals surface area (Å²) in [5.74, 6) is 0.784. The molecular formula is C35H63BN6O6. The smallest absolute Gasteiger partial charge is 0.404 e. The number of rotatable bonds is 19. The third-order valence-electron chi connectivity index (χ3n) is 12.0. The number of hydrogen-bond acceptors (Lipinski definition) is 8. The summed E-state index contributed by atoms with van der Waals surface area (Å²) >= 11 is 0. The Hall–Kier alpha value is -2.25. The molecule has 6 atom stereocenters. The van der Waals surface area contributed by atoms with Gasteiger partial charge < -0.3 is 25.3 Å². The maximum atomic E-state index is 14.0. The van der Waals surface area contributed by atoms with E-state index < -0.39 is 18.1 Å². The van der Waals surface area contributed by atoms with Crippen molar-refractivity contribution in [3.63, 3.8) is 0 Å². The fraction of sp³-hybridized carbons (Fsp3) is 0.914. The van der Waals surface area contributed by atoms with E-state index in [9.17, 15) is 19.7 Å². The minimum atomic E-state index is -0.757. The van der Waals surface area contributed by atoms with Gasteiger partial charge in [-0.2, -0.15) is 0 Å². The molecule has 5 aliphatic rings. The van der Waals surface area contributed by atoms with Crippen LogP contribution in [0.2, 0.25) is 0 Å². The second kappa shape index (κ2) is 17.1. The van der Waals surface area contributed by atoms with Crippen LogP contribution in [-0.2, 0) is 18.9 Å². The number of guanidine groups is 1. The third-order valence-corrected chi connectivity index (χ3v) is 12.0. The molecule has 0 radical (unpaired) electrons. The molecule has 4 N–H and O–H groups in total. The van der Waals surface area contributed by atoms with E-state index in [-0.39, 0.29) is 53.7 Å². The van der Waals surface area contributed by atoms with Gasteiger partial charge in [-0.15, -0.1) is 0 Å². The van der Waals surface area contributed by atoms with Gasteiger partial charge in [-0.1, -0.05) is 46.5 Å². The second-order valence-corrected chi connectivity index (χ2v) is 16.3. The average Bonchev–Trinajstić information content (AvgIpc) is 3.38. The first-order valence-corrected chi connectivity index (χ1v) is 18.8. The Kier molecular flexibility index (Phi) is 13.7. The number of hydrogen-bond donors (Lipinski definition) is 3. The minimum Gasteiger partial charge on any atom is -0.404 e. The van der Waals surface area contributed by atoms with E-state index in [1.807, 2.05) is 5.43 Å². The van der Waals surface area contributed by atoms with E-state index in [1.54, 1.807) is 0 Å². The van der Waals surface area contributed by atoms with Crippen molar-refractivity contribution in [1.82, 2.24) is 15.6 Å². The quantitative estimate of drug-likeness (QED) is 0.0431. The van der Waals surface area contributed by atoms with Crippen LogP contribution in [0.1, 0.15) is 125 Å². The fourth-order valence-electron chi connectivity index (χ4n) is 8.95. The summed E-state index contributed by atoms with van der Waals surface area (Å²) in [5.41, 5.74) is 7.27. The van der Waals surface area contributed by atoms with Gasteiger partial charge in [-0.05, 0) is 120 Å². The number of carbonyl (C=O) groups excluding carboxylic acids is 2. The normalized spacial score (nSPS) is 28.4. The molecule has 48 heavy (non-hydrogen) atoms. The minimum absolute atomic E-state index is 0.0166. The number of aliphatic imine (C=N–C) groups is 1. The molecule has 0 aromatic carbocycles. The monoisotopic (exact) mass is 674 g/mol. The number of hydrazine groups is 1. The summed E-state index contributed by atoms with van der Waals surface area (Å²) in [5, 5.41) is 13.2. The third kappa shape index (κ3) is 9.93. The molecule has 0 spiro atoms. The zero-order valence-electron chi connectivity index (χ0n) is 30.5. The molecule has 1 amide bonds. The number of amides is 1. The lowest BCUT2D eigenvalue weighted by Crippen LogP contribution is -2.65. The van der Waals surface area contributed by atoms with E-state index in [4.69, 9.17) is 15.0 Å². The van der Waals surface area contributed by atoms with E-state index in [0.29, 0.717) is 49.4 Å². The number of unbranched alkanes of at least 4 members (excludes halogenated alkanes) is 1. The molecule has 272 valence electrons. The van der Waals surface area contributed by atoms with Crippen molar-refractivity contribution < 1.29 is 23.9 Å². The van der Waals surface area contributed by atoms with E-state index in [2.05, 4.69) is 56.8 Å². The van der Waals surface area contributed by atoms with Crippen molar-refractivity contribution in [3.8, 4) is 0 Å². The molecule has 2 aliphatic heterocycles. The topological polar surface area (TPSA) is 161 Å². The highest BCUT2D eigenvalue weighted by atomic mass is 16.7. The van der Waals surface area contributed by atoms with Crippen LogP contribution < -0.4 is 16.5 Å². The molecule has 2 bridgehead atoms. The van der Waals surface area contributed by atoms with Gasteiger partial charge in [0.15, 0.2) is 5.03 Å². The summed E-state index contributed by atoms with van der Waals surface area (Å²) in [7, 11) is -0.538. The number of carbonyl (C=O) groups is 2. The molecule has 3 aliphatic carbocycles. The lowest BCUT2D eigenvalue weighted by Gasteiger charge is -2.64. The fourth-order valence-corrected chi connectivity index (χ4v) is 8.95. The van der Waals surface area contributed by atoms with Crippen LogP contribution in [0.3, 0.4) is 0 Å². The van der Waals surface area contributed by atoms with Crippen molar-refractivity contribution in [2.75, 3.05) is 26.2 Å². The van der Waals surface area contributed by atoms with Crippen molar-refractivity contribution in [2.24, 2.45) is 45.7 Å². The second-order valence-electron chi connectivity index (χ2n) is 16.3. The number of nitro groups is 1. The summed E-state index contributed by atoms with van der Waals surface area (Å²) in [6, 6.07) is 0. The number of likely N-dealkylation sites (tertiary alicyclic amines) is 1. The maximum Gasteiger partial charge on any atom is 0.481 e. The van der Waals surface area contributed by atoms with Gasteiger partial charge in [-0.25, -0.2) is 15.1 Å². The van der Waals surface area contributed by atoms with Crippen LogP contribution in [0.5, 0.6) is 0 Å². The highest BCUT2D eigenvalue weighted by Gasteiger charge is 2.68. The molecule has 5 rings (SSSR count). The van der Waals surface area contributed by atoms with Crippen molar-refractivity contribution in [3.05, 3.63) is 10.1 Å². The number of piperidine rings is 1. The van der Waals surface area contributed by atoms with Crippen LogP contribution in [-0.4, -0.2) is 78.5 Å². The highest BCUT2D eigenvalue weighted by Crippen LogP contribution is 2.65. The number of ketones is 1. The van der Waals surface area contributed by atoms with Gasteiger partial charge in [-0.3, -0.25) is 9.59 Å².